The number of para-hydroxylation sites is 2. The third kappa shape index (κ3) is 6.65. The molecule has 2 N–H and O–H groups in total. The fraction of sp³-hybridized carbons (Fsp3) is 0.312. The highest BCUT2D eigenvalue weighted by Crippen LogP contribution is 2.41. The van der Waals surface area contributed by atoms with Gasteiger partial charge in [-0.05, 0) is 57.5 Å². The summed E-state index contributed by atoms with van der Waals surface area (Å²) in [6, 6.07) is 20.3. The standard InChI is InChI=1S/C32H35N3O6.BrH/c1-20(36)40-31(3,4)24-16-23(17-25(29(24)39)32(5,6)41-21(2)37)28(38)19-35-27-15-11-10-14-26(27)34(30(35)33)18-22-12-8-7-9-13-22;/h7-17,33,39H,18-19H2,1-6H3;1H. The Morgan fingerprint density at radius 3 is 1.71 bits per heavy atom. The molecule has 0 atom stereocenters. The summed E-state index contributed by atoms with van der Waals surface area (Å²) in [5, 5.41) is 20.2. The lowest BCUT2D eigenvalue weighted by molar-refractivity contribution is -0.155. The van der Waals surface area contributed by atoms with Crippen LogP contribution in [0.3, 0.4) is 0 Å². The number of phenolic OH excluding ortho intramolecular Hbond substituents is 1. The van der Waals surface area contributed by atoms with Gasteiger partial charge in [0.05, 0.1) is 24.1 Å². The zero-order valence-corrected chi connectivity index (χ0v) is 26.3. The van der Waals surface area contributed by atoms with Gasteiger partial charge in [-0.3, -0.25) is 19.8 Å². The highest BCUT2D eigenvalue weighted by molar-refractivity contribution is 8.93. The van der Waals surface area contributed by atoms with Crippen LogP contribution in [0.25, 0.3) is 11.0 Å². The summed E-state index contributed by atoms with van der Waals surface area (Å²) in [6.45, 7) is 9.24. The molecule has 0 unspecified atom stereocenters. The molecule has 0 amide bonds. The van der Waals surface area contributed by atoms with E-state index in [1.54, 1.807) is 32.3 Å². The number of hydrogen-bond donors (Lipinski definition) is 2. The Morgan fingerprint density at radius 2 is 1.24 bits per heavy atom. The Balaban J connectivity index is 0.00000484. The molecule has 0 saturated carbocycles. The predicted octanol–water partition coefficient (Wildman–Crippen LogP) is 5.73. The molecule has 0 aliphatic carbocycles. The molecule has 0 fully saturated rings. The maximum atomic E-state index is 13.9. The average Bonchev–Trinajstić information content (AvgIpc) is 3.13. The van der Waals surface area contributed by atoms with E-state index < -0.39 is 23.1 Å². The summed E-state index contributed by atoms with van der Waals surface area (Å²) >= 11 is 0. The molecule has 4 aromatic rings. The lowest BCUT2D eigenvalue weighted by Crippen LogP contribution is -2.30. The van der Waals surface area contributed by atoms with E-state index in [1.165, 1.54) is 26.0 Å². The van der Waals surface area contributed by atoms with Crippen molar-refractivity contribution in [3.05, 3.63) is 94.6 Å². The molecule has 0 radical (unpaired) electrons. The van der Waals surface area contributed by atoms with Crippen LogP contribution in [0.15, 0.2) is 66.7 Å². The minimum Gasteiger partial charge on any atom is -0.507 e. The summed E-state index contributed by atoms with van der Waals surface area (Å²) in [7, 11) is 0. The highest BCUT2D eigenvalue weighted by atomic mass is 79.9. The Morgan fingerprint density at radius 1 is 0.786 bits per heavy atom. The molecule has 9 nitrogen and oxygen atoms in total. The van der Waals surface area contributed by atoms with E-state index in [0.717, 1.165) is 16.6 Å². The number of aromatic nitrogens is 2. The fourth-order valence-corrected chi connectivity index (χ4v) is 5.16. The summed E-state index contributed by atoms with van der Waals surface area (Å²) in [5.74, 6) is -1.71. The van der Waals surface area contributed by atoms with Crippen molar-refractivity contribution in [2.24, 2.45) is 0 Å². The van der Waals surface area contributed by atoms with Crippen molar-refractivity contribution in [3.63, 3.8) is 0 Å². The topological polar surface area (TPSA) is 124 Å². The molecule has 0 spiro atoms. The molecule has 0 aliphatic rings. The maximum Gasteiger partial charge on any atom is 0.303 e. The molecule has 1 heterocycles. The van der Waals surface area contributed by atoms with Crippen molar-refractivity contribution in [2.75, 3.05) is 0 Å². The van der Waals surface area contributed by atoms with Crippen LogP contribution < -0.4 is 5.62 Å². The van der Waals surface area contributed by atoms with Gasteiger partial charge in [0.25, 0.3) is 0 Å². The van der Waals surface area contributed by atoms with Crippen LogP contribution in [-0.4, -0.2) is 32.0 Å². The fourth-order valence-electron chi connectivity index (χ4n) is 5.16. The molecular weight excluding hydrogens is 602 g/mol. The van der Waals surface area contributed by atoms with Gasteiger partial charge in [0.2, 0.25) is 5.62 Å². The summed E-state index contributed by atoms with van der Waals surface area (Å²) in [4.78, 5) is 37.6. The Labute approximate surface area is 255 Å². The van der Waals surface area contributed by atoms with Crippen molar-refractivity contribution in [1.29, 1.82) is 5.41 Å². The van der Waals surface area contributed by atoms with E-state index in [0.29, 0.717) is 6.54 Å². The summed E-state index contributed by atoms with van der Waals surface area (Å²) in [5.41, 5.74) is 0.707. The quantitative estimate of drug-likeness (QED) is 0.178. The van der Waals surface area contributed by atoms with Gasteiger partial charge in [-0.2, -0.15) is 0 Å². The van der Waals surface area contributed by atoms with E-state index >= 15 is 0 Å². The minimum absolute atomic E-state index is 0. The summed E-state index contributed by atoms with van der Waals surface area (Å²) < 4.78 is 14.5. The zero-order valence-electron chi connectivity index (χ0n) is 24.6. The van der Waals surface area contributed by atoms with Crippen LogP contribution >= 0.6 is 17.0 Å². The first-order valence-electron chi connectivity index (χ1n) is 13.3. The van der Waals surface area contributed by atoms with E-state index in [-0.39, 0.29) is 57.4 Å². The predicted molar refractivity (Wildman–Crippen MR) is 164 cm³/mol. The number of aromatic hydroxyl groups is 1. The van der Waals surface area contributed by atoms with Crippen molar-refractivity contribution in [3.8, 4) is 5.75 Å². The molecule has 42 heavy (non-hydrogen) atoms. The Hall–Kier alpha value is -4.18. The molecule has 10 heteroatoms. The Bertz CT molecular complexity index is 1650. The number of Topliss-reactive ketones (excluding diaryl/α,β-unsaturated/α-hetero) is 1. The number of carbonyl (C=O) groups excluding carboxylic acids is 3. The molecule has 0 saturated heterocycles. The molecule has 0 aliphatic heterocycles. The first kappa shape index (κ1) is 32.3. The molecule has 4 rings (SSSR count). The lowest BCUT2D eigenvalue weighted by Gasteiger charge is -2.31. The van der Waals surface area contributed by atoms with Crippen molar-refractivity contribution < 1.29 is 29.0 Å². The second-order valence-corrected chi connectivity index (χ2v) is 11.0. The zero-order chi connectivity index (χ0) is 30.1. The third-order valence-electron chi connectivity index (χ3n) is 6.99. The molecule has 1 aromatic heterocycles. The largest absolute Gasteiger partial charge is 0.507 e. The monoisotopic (exact) mass is 637 g/mol. The first-order valence-corrected chi connectivity index (χ1v) is 13.3. The van der Waals surface area contributed by atoms with Crippen LogP contribution in [0.4, 0.5) is 0 Å². The first-order chi connectivity index (χ1) is 19.2. The van der Waals surface area contributed by atoms with Crippen LogP contribution in [0.2, 0.25) is 0 Å². The minimum atomic E-state index is -1.30. The number of nitrogens with one attached hydrogen (secondary N) is 1. The number of carbonyl (C=O) groups is 3. The molecule has 222 valence electrons. The number of imidazole rings is 1. The average molecular weight is 639 g/mol. The SMILES string of the molecule is Br.CC(=O)OC(C)(C)c1cc(C(=O)Cn2c(=N)n(Cc3ccccc3)c3ccccc32)cc(C(C)(C)OC(C)=O)c1O. The van der Waals surface area contributed by atoms with Gasteiger partial charge in [-0.1, -0.05) is 42.5 Å². The molecule has 0 bridgehead atoms. The molecule has 3 aromatic carbocycles. The van der Waals surface area contributed by atoms with E-state index in [4.69, 9.17) is 14.9 Å². The van der Waals surface area contributed by atoms with Crippen molar-refractivity contribution in [2.45, 2.75) is 65.8 Å². The van der Waals surface area contributed by atoms with Gasteiger partial charge in [0.1, 0.15) is 17.0 Å². The number of ketones is 1. The Kier molecular flexibility index (Phi) is 9.52. The van der Waals surface area contributed by atoms with E-state index in [2.05, 4.69) is 0 Å². The van der Waals surface area contributed by atoms with Gasteiger partial charge in [0.15, 0.2) is 5.78 Å². The van der Waals surface area contributed by atoms with Crippen LogP contribution in [-0.2, 0) is 43.4 Å². The van der Waals surface area contributed by atoms with E-state index in [1.807, 2.05) is 59.2 Å². The molecular formula is C32H36BrN3O6. The number of halogens is 1. The smallest absolute Gasteiger partial charge is 0.303 e. The number of ether oxygens (including phenoxy) is 2. The second kappa shape index (κ2) is 12.4. The van der Waals surface area contributed by atoms with Gasteiger partial charge in [-0.15, -0.1) is 17.0 Å². The van der Waals surface area contributed by atoms with Gasteiger partial charge >= 0.3 is 11.9 Å². The number of hydrogen-bond acceptors (Lipinski definition) is 7. The van der Waals surface area contributed by atoms with Crippen LogP contribution in [0.5, 0.6) is 5.75 Å². The number of phenols is 1. The number of benzene rings is 3. The lowest BCUT2D eigenvalue weighted by atomic mass is 9.86. The van der Waals surface area contributed by atoms with Gasteiger partial charge < -0.3 is 23.7 Å². The third-order valence-corrected chi connectivity index (χ3v) is 6.99. The summed E-state index contributed by atoms with van der Waals surface area (Å²) in [6.07, 6.45) is 0. The van der Waals surface area contributed by atoms with Crippen LogP contribution in [0, 0.1) is 5.41 Å². The maximum absolute atomic E-state index is 13.9. The highest BCUT2D eigenvalue weighted by Gasteiger charge is 2.35. The van der Waals surface area contributed by atoms with Crippen molar-refractivity contribution >= 4 is 45.7 Å². The number of fused-ring (bicyclic) bond motifs is 1. The van der Waals surface area contributed by atoms with Gasteiger partial charge in [-0.25, -0.2) is 0 Å². The number of esters is 2. The normalized spacial score (nSPS) is 11.6. The van der Waals surface area contributed by atoms with Crippen LogP contribution in [0.1, 0.15) is 68.6 Å². The number of nitrogens with zero attached hydrogens (tertiary/aromatic N) is 2. The number of rotatable bonds is 9. The van der Waals surface area contributed by atoms with Crippen molar-refractivity contribution in [1.82, 2.24) is 9.13 Å². The van der Waals surface area contributed by atoms with E-state index in [9.17, 15) is 19.5 Å². The van der Waals surface area contributed by atoms with Gasteiger partial charge in [0, 0.05) is 30.5 Å². The second-order valence-electron chi connectivity index (χ2n) is 11.0.